The molecule has 1 saturated heterocycles. The highest BCUT2D eigenvalue weighted by Crippen LogP contribution is 2.35. The molecule has 3 unspecified atom stereocenters. The van der Waals surface area contributed by atoms with Gasteiger partial charge in [0.1, 0.15) is 0 Å². The largest absolute Gasteiger partial charge is 0.316 e. The lowest BCUT2D eigenvalue weighted by atomic mass is 9.78. The zero-order valence-corrected chi connectivity index (χ0v) is 13.3. The summed E-state index contributed by atoms with van der Waals surface area (Å²) in [5.41, 5.74) is 0. The second kappa shape index (κ2) is 7.64. The molecular weight excluding hydrogens is 232 g/mol. The Morgan fingerprint density at radius 3 is 2.53 bits per heavy atom. The minimum atomic E-state index is 0.768. The van der Waals surface area contributed by atoms with E-state index in [4.69, 9.17) is 0 Å². The lowest BCUT2D eigenvalue weighted by Crippen LogP contribution is -2.49. The lowest BCUT2D eigenvalue weighted by Gasteiger charge is -2.45. The Balaban J connectivity index is 1.73. The summed E-state index contributed by atoms with van der Waals surface area (Å²) in [6.45, 7) is 12.0. The molecular formula is C17H34N2. The number of piperidine rings is 1. The van der Waals surface area contributed by atoms with Gasteiger partial charge < -0.3 is 5.32 Å². The third kappa shape index (κ3) is 4.75. The van der Waals surface area contributed by atoms with E-state index in [1.54, 1.807) is 0 Å². The maximum Gasteiger partial charge on any atom is 0.0124 e. The maximum absolute atomic E-state index is 3.62. The number of rotatable bonds is 6. The SMILES string of the molecule is CC(C)CNCC(C)CN1CCCC2CCCCC21. The summed E-state index contributed by atoms with van der Waals surface area (Å²) in [6.07, 6.45) is 8.87. The lowest BCUT2D eigenvalue weighted by molar-refractivity contribution is 0.0499. The highest BCUT2D eigenvalue weighted by atomic mass is 15.2. The summed E-state index contributed by atoms with van der Waals surface area (Å²) in [7, 11) is 0. The third-order valence-electron chi connectivity index (χ3n) is 4.95. The summed E-state index contributed by atoms with van der Waals surface area (Å²) >= 11 is 0. The van der Waals surface area contributed by atoms with Crippen molar-refractivity contribution in [2.24, 2.45) is 17.8 Å². The number of likely N-dealkylation sites (tertiary alicyclic amines) is 1. The monoisotopic (exact) mass is 266 g/mol. The minimum Gasteiger partial charge on any atom is -0.316 e. The Hall–Kier alpha value is -0.0800. The summed E-state index contributed by atoms with van der Waals surface area (Å²) in [5.74, 6) is 2.59. The van der Waals surface area contributed by atoms with Crippen LogP contribution in [0.15, 0.2) is 0 Å². The zero-order valence-electron chi connectivity index (χ0n) is 13.3. The first-order valence-corrected chi connectivity index (χ1v) is 8.61. The van der Waals surface area contributed by atoms with Crippen molar-refractivity contribution < 1.29 is 0 Å². The summed E-state index contributed by atoms with van der Waals surface area (Å²) in [5, 5.41) is 3.62. The van der Waals surface area contributed by atoms with E-state index in [1.807, 2.05) is 0 Å². The Bertz CT molecular complexity index is 250. The van der Waals surface area contributed by atoms with Crippen molar-refractivity contribution in [2.45, 2.75) is 65.3 Å². The quantitative estimate of drug-likeness (QED) is 0.791. The van der Waals surface area contributed by atoms with E-state index in [0.717, 1.165) is 30.3 Å². The summed E-state index contributed by atoms with van der Waals surface area (Å²) in [6, 6.07) is 0.926. The van der Waals surface area contributed by atoms with Crippen molar-refractivity contribution in [1.82, 2.24) is 10.2 Å². The molecule has 0 radical (unpaired) electrons. The van der Waals surface area contributed by atoms with Gasteiger partial charge >= 0.3 is 0 Å². The first-order valence-electron chi connectivity index (χ1n) is 8.61. The molecule has 3 atom stereocenters. The van der Waals surface area contributed by atoms with Gasteiger partial charge in [-0.3, -0.25) is 4.90 Å². The van der Waals surface area contributed by atoms with E-state index >= 15 is 0 Å². The molecule has 0 aromatic heterocycles. The summed E-state index contributed by atoms with van der Waals surface area (Å²) < 4.78 is 0. The van der Waals surface area contributed by atoms with Gasteiger partial charge in [-0.05, 0) is 63.1 Å². The fraction of sp³-hybridized carbons (Fsp3) is 1.00. The second-order valence-electron chi connectivity index (χ2n) is 7.41. The molecule has 2 aliphatic rings. The van der Waals surface area contributed by atoms with Crippen LogP contribution in [0, 0.1) is 17.8 Å². The van der Waals surface area contributed by atoms with Gasteiger partial charge in [0.15, 0.2) is 0 Å². The molecule has 2 heteroatoms. The van der Waals surface area contributed by atoms with E-state index in [-0.39, 0.29) is 0 Å². The van der Waals surface area contributed by atoms with Gasteiger partial charge in [0.05, 0.1) is 0 Å². The van der Waals surface area contributed by atoms with Gasteiger partial charge in [-0.25, -0.2) is 0 Å². The maximum atomic E-state index is 3.62. The van der Waals surface area contributed by atoms with Gasteiger partial charge in [0, 0.05) is 12.6 Å². The van der Waals surface area contributed by atoms with Crippen molar-refractivity contribution in [3.63, 3.8) is 0 Å². The van der Waals surface area contributed by atoms with Crippen LogP contribution in [0.3, 0.4) is 0 Å². The molecule has 0 amide bonds. The van der Waals surface area contributed by atoms with E-state index in [1.165, 1.54) is 58.2 Å². The molecule has 112 valence electrons. The number of hydrogen-bond donors (Lipinski definition) is 1. The van der Waals surface area contributed by atoms with Crippen molar-refractivity contribution in [1.29, 1.82) is 0 Å². The van der Waals surface area contributed by atoms with Crippen molar-refractivity contribution in [3.8, 4) is 0 Å². The fourth-order valence-electron chi connectivity index (χ4n) is 4.04. The molecule has 19 heavy (non-hydrogen) atoms. The number of hydrogen-bond acceptors (Lipinski definition) is 2. The van der Waals surface area contributed by atoms with Crippen molar-refractivity contribution >= 4 is 0 Å². The molecule has 1 heterocycles. The molecule has 0 bridgehead atoms. The highest BCUT2D eigenvalue weighted by molar-refractivity contribution is 4.87. The fourth-order valence-corrected chi connectivity index (χ4v) is 4.04. The van der Waals surface area contributed by atoms with Gasteiger partial charge in [-0.1, -0.05) is 33.6 Å². The van der Waals surface area contributed by atoms with Crippen LogP contribution >= 0.6 is 0 Å². The normalized spacial score (nSPS) is 30.3. The van der Waals surface area contributed by atoms with Crippen LogP contribution in [0.2, 0.25) is 0 Å². The average molecular weight is 266 g/mol. The molecule has 0 aromatic rings. The van der Waals surface area contributed by atoms with E-state index in [2.05, 4.69) is 31.0 Å². The topological polar surface area (TPSA) is 15.3 Å². The predicted molar refractivity (Wildman–Crippen MR) is 83.4 cm³/mol. The molecule has 1 aliphatic carbocycles. The van der Waals surface area contributed by atoms with E-state index in [9.17, 15) is 0 Å². The predicted octanol–water partition coefficient (Wildman–Crippen LogP) is 3.52. The zero-order chi connectivity index (χ0) is 13.7. The summed E-state index contributed by atoms with van der Waals surface area (Å²) in [4.78, 5) is 2.83. The van der Waals surface area contributed by atoms with E-state index in [0.29, 0.717) is 0 Å². The van der Waals surface area contributed by atoms with Crippen LogP contribution in [0.1, 0.15) is 59.3 Å². The van der Waals surface area contributed by atoms with Crippen LogP contribution in [-0.2, 0) is 0 Å². The smallest absolute Gasteiger partial charge is 0.0124 e. The van der Waals surface area contributed by atoms with Gasteiger partial charge in [0.2, 0.25) is 0 Å². The number of nitrogens with one attached hydrogen (secondary N) is 1. The Morgan fingerprint density at radius 1 is 1.00 bits per heavy atom. The Labute approximate surface area is 120 Å². The molecule has 1 N–H and O–H groups in total. The number of fused-ring (bicyclic) bond motifs is 1. The molecule has 1 aliphatic heterocycles. The second-order valence-corrected chi connectivity index (χ2v) is 7.41. The van der Waals surface area contributed by atoms with Crippen LogP contribution < -0.4 is 5.32 Å². The molecule has 0 spiro atoms. The van der Waals surface area contributed by atoms with Gasteiger partial charge in [0.25, 0.3) is 0 Å². The van der Waals surface area contributed by atoms with Crippen LogP contribution in [0.4, 0.5) is 0 Å². The van der Waals surface area contributed by atoms with Gasteiger partial charge in [-0.15, -0.1) is 0 Å². The molecule has 2 fully saturated rings. The van der Waals surface area contributed by atoms with Crippen LogP contribution in [0.5, 0.6) is 0 Å². The van der Waals surface area contributed by atoms with Crippen molar-refractivity contribution in [2.75, 3.05) is 26.2 Å². The van der Waals surface area contributed by atoms with Crippen LogP contribution in [-0.4, -0.2) is 37.1 Å². The number of nitrogens with zero attached hydrogens (tertiary/aromatic N) is 1. The van der Waals surface area contributed by atoms with Gasteiger partial charge in [-0.2, -0.15) is 0 Å². The first kappa shape index (κ1) is 15.3. The first-order chi connectivity index (χ1) is 9.16. The Kier molecular flexibility index (Phi) is 6.15. The Morgan fingerprint density at radius 2 is 1.74 bits per heavy atom. The molecule has 2 rings (SSSR count). The molecule has 1 saturated carbocycles. The molecule has 2 nitrogen and oxygen atoms in total. The molecule has 0 aromatic carbocycles. The highest BCUT2D eigenvalue weighted by Gasteiger charge is 2.33. The van der Waals surface area contributed by atoms with Crippen molar-refractivity contribution in [3.05, 3.63) is 0 Å². The third-order valence-corrected chi connectivity index (χ3v) is 4.95. The minimum absolute atomic E-state index is 0.768. The standard InChI is InChI=1S/C17H34N2/c1-14(2)11-18-12-15(3)13-19-10-6-8-16-7-4-5-9-17(16)19/h14-18H,4-13H2,1-3H3. The van der Waals surface area contributed by atoms with Crippen LogP contribution in [0.25, 0.3) is 0 Å². The van der Waals surface area contributed by atoms with E-state index < -0.39 is 0 Å². The average Bonchev–Trinajstić information content (AvgIpc) is 2.39.